The molecule has 2 amide bonds. The molecule has 1 aliphatic heterocycles. The molecule has 5 nitrogen and oxygen atoms in total. The normalized spacial score (nSPS) is 16.5. The van der Waals surface area contributed by atoms with Gasteiger partial charge in [0.2, 0.25) is 0 Å². The van der Waals surface area contributed by atoms with Crippen molar-refractivity contribution >= 4 is 60.8 Å². The van der Waals surface area contributed by atoms with Crippen LogP contribution in [0.1, 0.15) is 12.5 Å². The van der Waals surface area contributed by atoms with Crippen molar-refractivity contribution in [2.45, 2.75) is 6.92 Å². The summed E-state index contributed by atoms with van der Waals surface area (Å²) in [4.78, 5) is 25.8. The predicted molar refractivity (Wildman–Crippen MR) is 97.6 cm³/mol. The van der Waals surface area contributed by atoms with Gasteiger partial charge in [0.15, 0.2) is 0 Å². The molecule has 23 heavy (non-hydrogen) atoms. The van der Waals surface area contributed by atoms with Gasteiger partial charge in [0.05, 0.1) is 33.6 Å². The van der Waals surface area contributed by atoms with Crippen LogP contribution >= 0.6 is 43.6 Å². The molecule has 0 spiro atoms. The van der Waals surface area contributed by atoms with E-state index in [1.165, 1.54) is 12.0 Å². The Morgan fingerprint density at radius 1 is 1.26 bits per heavy atom. The molecule has 1 aromatic rings. The van der Waals surface area contributed by atoms with E-state index in [1.807, 2.05) is 19.1 Å². The highest BCUT2D eigenvalue weighted by Crippen LogP contribution is 2.37. The maximum atomic E-state index is 12.3. The first-order valence-corrected chi connectivity index (χ1v) is 9.24. The minimum Gasteiger partial charge on any atom is -0.492 e. The Morgan fingerprint density at radius 3 is 2.48 bits per heavy atom. The van der Waals surface area contributed by atoms with Crippen molar-refractivity contribution in [3.05, 3.63) is 31.5 Å². The molecule has 8 heteroatoms. The van der Waals surface area contributed by atoms with E-state index in [4.69, 9.17) is 9.47 Å². The van der Waals surface area contributed by atoms with E-state index in [0.717, 1.165) is 26.3 Å². The fraction of sp³-hybridized carbons (Fsp3) is 0.333. The molecule has 0 saturated carbocycles. The van der Waals surface area contributed by atoms with Gasteiger partial charge in [-0.25, -0.2) is 0 Å². The Kier molecular flexibility index (Phi) is 6.70. The number of imide groups is 1. The second-order valence-corrected chi connectivity index (χ2v) is 7.27. The van der Waals surface area contributed by atoms with Gasteiger partial charge >= 0.3 is 0 Å². The summed E-state index contributed by atoms with van der Waals surface area (Å²) in [5, 5.41) is -0.276. The third kappa shape index (κ3) is 4.37. The van der Waals surface area contributed by atoms with E-state index in [9.17, 15) is 9.59 Å². The molecular weight excluding hydrogens is 450 g/mol. The van der Waals surface area contributed by atoms with Gasteiger partial charge in [0.1, 0.15) is 5.75 Å². The van der Waals surface area contributed by atoms with Crippen molar-refractivity contribution in [1.29, 1.82) is 0 Å². The topological polar surface area (TPSA) is 55.8 Å². The molecule has 0 aromatic heterocycles. The van der Waals surface area contributed by atoms with Crippen LogP contribution in [0.4, 0.5) is 4.79 Å². The van der Waals surface area contributed by atoms with E-state index >= 15 is 0 Å². The molecule has 0 radical (unpaired) electrons. The van der Waals surface area contributed by atoms with E-state index < -0.39 is 0 Å². The third-order valence-corrected chi connectivity index (χ3v) is 5.09. The number of carbonyl (C=O) groups excluding carboxylic acids is 2. The van der Waals surface area contributed by atoms with Crippen molar-refractivity contribution in [2.24, 2.45) is 0 Å². The van der Waals surface area contributed by atoms with Crippen molar-refractivity contribution in [1.82, 2.24) is 4.90 Å². The van der Waals surface area contributed by atoms with Crippen molar-refractivity contribution < 1.29 is 19.1 Å². The Morgan fingerprint density at radius 2 is 1.91 bits per heavy atom. The molecule has 1 fully saturated rings. The van der Waals surface area contributed by atoms with Crippen LogP contribution in [0.25, 0.3) is 6.08 Å². The second kappa shape index (κ2) is 8.32. The summed E-state index contributed by atoms with van der Waals surface area (Å²) in [6.07, 6.45) is 1.70. The van der Waals surface area contributed by atoms with Crippen LogP contribution in [-0.4, -0.2) is 42.9 Å². The van der Waals surface area contributed by atoms with Crippen LogP contribution < -0.4 is 4.74 Å². The Labute approximate surface area is 155 Å². The van der Waals surface area contributed by atoms with Gasteiger partial charge in [-0.15, -0.1) is 0 Å². The van der Waals surface area contributed by atoms with Gasteiger partial charge in [-0.1, -0.05) is 0 Å². The van der Waals surface area contributed by atoms with Crippen LogP contribution in [0.5, 0.6) is 5.75 Å². The van der Waals surface area contributed by atoms with Crippen LogP contribution in [0.3, 0.4) is 0 Å². The summed E-state index contributed by atoms with van der Waals surface area (Å²) in [6, 6.07) is 3.69. The van der Waals surface area contributed by atoms with E-state index in [1.54, 1.807) is 6.08 Å². The lowest BCUT2D eigenvalue weighted by atomic mass is 10.2. The first-order chi connectivity index (χ1) is 11.0. The summed E-state index contributed by atoms with van der Waals surface area (Å²) in [7, 11) is 1.53. The molecule has 0 atom stereocenters. The molecule has 2 rings (SSSR count). The number of hydrogen-bond donors (Lipinski definition) is 0. The molecule has 0 bridgehead atoms. The Bertz CT molecular complexity index is 640. The molecule has 0 unspecified atom stereocenters. The first kappa shape index (κ1) is 18.5. The van der Waals surface area contributed by atoms with Crippen molar-refractivity contribution in [3.63, 3.8) is 0 Å². The standard InChI is InChI=1S/C15H15Br2NO4S/c1-3-22-13-10(16)6-9(7-11(13)17)8-12-14(19)18(4-5-21-2)15(20)23-12/h6-8H,3-5H2,1-2H3/b12-8+. The van der Waals surface area contributed by atoms with Gasteiger partial charge in [0.25, 0.3) is 11.1 Å². The van der Waals surface area contributed by atoms with Crippen LogP contribution in [0, 0.1) is 0 Å². The number of carbonyl (C=O) groups is 2. The average molecular weight is 465 g/mol. The molecule has 0 aliphatic carbocycles. The van der Waals surface area contributed by atoms with Gasteiger partial charge in [0, 0.05) is 7.11 Å². The third-order valence-electron chi connectivity index (χ3n) is 3.00. The smallest absolute Gasteiger partial charge is 0.293 e. The number of rotatable bonds is 6. The summed E-state index contributed by atoms with van der Waals surface area (Å²) in [5.41, 5.74) is 0.796. The molecule has 0 N–H and O–H groups in total. The zero-order valence-electron chi connectivity index (χ0n) is 12.6. The summed E-state index contributed by atoms with van der Waals surface area (Å²) < 4.78 is 12.0. The number of halogens is 2. The molecule has 1 saturated heterocycles. The van der Waals surface area contributed by atoms with Crippen molar-refractivity contribution in [3.8, 4) is 5.75 Å². The highest BCUT2D eigenvalue weighted by molar-refractivity contribution is 9.11. The molecule has 1 aliphatic rings. The van der Waals surface area contributed by atoms with Crippen LogP contribution in [0.2, 0.25) is 0 Å². The minimum absolute atomic E-state index is 0.259. The highest BCUT2D eigenvalue weighted by atomic mass is 79.9. The van der Waals surface area contributed by atoms with Gasteiger partial charge < -0.3 is 9.47 Å². The van der Waals surface area contributed by atoms with Crippen molar-refractivity contribution in [2.75, 3.05) is 26.9 Å². The summed E-state index contributed by atoms with van der Waals surface area (Å²) in [5.74, 6) is 0.413. The van der Waals surface area contributed by atoms with Gasteiger partial charge in [-0.3, -0.25) is 14.5 Å². The quantitative estimate of drug-likeness (QED) is 0.587. The number of hydrogen-bond acceptors (Lipinski definition) is 5. The first-order valence-electron chi connectivity index (χ1n) is 6.84. The fourth-order valence-electron chi connectivity index (χ4n) is 1.97. The number of benzene rings is 1. The van der Waals surface area contributed by atoms with E-state index in [2.05, 4.69) is 31.9 Å². The number of amides is 2. The van der Waals surface area contributed by atoms with Crippen LogP contribution in [-0.2, 0) is 9.53 Å². The number of methoxy groups -OCH3 is 1. The second-order valence-electron chi connectivity index (χ2n) is 4.57. The van der Waals surface area contributed by atoms with E-state index in [-0.39, 0.29) is 17.7 Å². The highest BCUT2D eigenvalue weighted by Gasteiger charge is 2.34. The fourth-order valence-corrected chi connectivity index (χ4v) is 4.29. The largest absolute Gasteiger partial charge is 0.492 e. The average Bonchev–Trinajstić information content (AvgIpc) is 2.75. The number of thioether (sulfide) groups is 1. The Hall–Kier alpha value is -0.830. The number of ether oxygens (including phenoxy) is 2. The van der Waals surface area contributed by atoms with Crippen LogP contribution in [0.15, 0.2) is 26.0 Å². The zero-order valence-corrected chi connectivity index (χ0v) is 16.6. The van der Waals surface area contributed by atoms with Gasteiger partial charge in [-0.2, -0.15) is 0 Å². The Balaban J connectivity index is 2.25. The number of nitrogens with zero attached hydrogens (tertiary/aromatic N) is 1. The molecule has 1 aromatic carbocycles. The lowest BCUT2D eigenvalue weighted by Crippen LogP contribution is -2.31. The van der Waals surface area contributed by atoms with E-state index in [0.29, 0.717) is 23.9 Å². The maximum absolute atomic E-state index is 12.3. The minimum atomic E-state index is -0.293. The molecule has 1 heterocycles. The van der Waals surface area contributed by atoms with Gasteiger partial charge in [-0.05, 0) is 74.3 Å². The maximum Gasteiger partial charge on any atom is 0.293 e. The molecule has 124 valence electrons. The molecular formula is C15H15Br2NO4S. The zero-order chi connectivity index (χ0) is 17.0. The SMILES string of the molecule is CCOc1c(Br)cc(/C=C2/SC(=O)N(CCOC)C2=O)cc1Br. The summed E-state index contributed by atoms with van der Waals surface area (Å²) in [6.45, 7) is 3.04. The predicted octanol–water partition coefficient (Wildman–Crippen LogP) is 4.29. The lowest BCUT2D eigenvalue weighted by molar-refractivity contribution is -0.123. The summed E-state index contributed by atoms with van der Waals surface area (Å²) >= 11 is 7.84. The lowest BCUT2D eigenvalue weighted by Gasteiger charge is -2.11. The monoisotopic (exact) mass is 463 g/mol.